The first kappa shape index (κ1) is 15.5. The van der Waals surface area contributed by atoms with Gasteiger partial charge < -0.3 is 14.7 Å². The summed E-state index contributed by atoms with van der Waals surface area (Å²) in [5.41, 5.74) is 0.813. The average Bonchev–Trinajstić information content (AvgIpc) is 2.84. The molecule has 1 atom stereocenters. The quantitative estimate of drug-likeness (QED) is 0.922. The summed E-state index contributed by atoms with van der Waals surface area (Å²) < 4.78 is 6.18. The summed E-state index contributed by atoms with van der Waals surface area (Å²) in [6.07, 6.45) is 0. The zero-order valence-electron chi connectivity index (χ0n) is 12.1. The molecule has 0 unspecified atom stereocenters. The Kier molecular flexibility index (Phi) is 4.59. The molecule has 0 aliphatic carbocycles. The number of benzene rings is 1. The first-order valence-electron chi connectivity index (χ1n) is 6.46. The molecule has 2 aromatic rings. The van der Waals surface area contributed by atoms with Gasteiger partial charge in [-0.1, -0.05) is 18.2 Å². The standard InChI is InChI=1S/C15H17NO4S/c1-9(15(18)19)16(2)14(17)13-11(8-20-3)10-6-4-5-7-12(10)21-13/h4-7,9H,8H2,1-3H3,(H,18,19)/t9-/m1/s1. The maximum atomic E-state index is 12.6. The van der Waals surface area contributed by atoms with Crippen LogP contribution in [0.5, 0.6) is 0 Å². The third-order valence-electron chi connectivity index (χ3n) is 3.44. The van der Waals surface area contributed by atoms with E-state index in [2.05, 4.69) is 0 Å². The second kappa shape index (κ2) is 6.24. The molecular weight excluding hydrogens is 290 g/mol. The minimum Gasteiger partial charge on any atom is -0.480 e. The van der Waals surface area contributed by atoms with Crippen LogP contribution in [0.25, 0.3) is 10.1 Å². The van der Waals surface area contributed by atoms with Crippen LogP contribution in [0.15, 0.2) is 24.3 Å². The van der Waals surface area contributed by atoms with Crippen molar-refractivity contribution in [3.8, 4) is 0 Å². The number of rotatable bonds is 5. The fraction of sp³-hybridized carbons (Fsp3) is 0.333. The number of carbonyl (C=O) groups is 2. The molecule has 6 heteroatoms. The molecule has 2 rings (SSSR count). The number of carboxylic acid groups (broad SMARTS) is 1. The number of nitrogens with zero attached hydrogens (tertiary/aromatic N) is 1. The Balaban J connectivity index is 2.47. The molecule has 0 aliphatic heterocycles. The van der Waals surface area contributed by atoms with Crippen molar-refractivity contribution in [1.82, 2.24) is 4.90 Å². The van der Waals surface area contributed by atoms with Gasteiger partial charge in [-0.05, 0) is 18.4 Å². The lowest BCUT2D eigenvalue weighted by Crippen LogP contribution is -2.40. The van der Waals surface area contributed by atoms with Crippen molar-refractivity contribution in [2.75, 3.05) is 14.2 Å². The van der Waals surface area contributed by atoms with Gasteiger partial charge in [0, 0.05) is 24.4 Å². The number of thiophene rings is 1. The highest BCUT2D eigenvalue weighted by Gasteiger charge is 2.26. The van der Waals surface area contributed by atoms with Gasteiger partial charge in [0.1, 0.15) is 6.04 Å². The number of aliphatic carboxylic acids is 1. The second-order valence-corrected chi connectivity index (χ2v) is 5.82. The largest absolute Gasteiger partial charge is 0.480 e. The van der Waals surface area contributed by atoms with Crippen molar-refractivity contribution in [2.24, 2.45) is 0 Å². The van der Waals surface area contributed by atoms with E-state index in [4.69, 9.17) is 9.84 Å². The summed E-state index contributed by atoms with van der Waals surface area (Å²) in [4.78, 5) is 25.4. The minimum atomic E-state index is -1.03. The van der Waals surface area contributed by atoms with Gasteiger partial charge >= 0.3 is 5.97 Å². The van der Waals surface area contributed by atoms with Gasteiger partial charge in [-0.3, -0.25) is 4.79 Å². The van der Waals surface area contributed by atoms with E-state index < -0.39 is 12.0 Å². The van der Waals surface area contributed by atoms with E-state index in [0.717, 1.165) is 15.6 Å². The van der Waals surface area contributed by atoms with E-state index in [0.29, 0.717) is 11.5 Å². The first-order valence-corrected chi connectivity index (χ1v) is 7.28. The molecule has 0 spiro atoms. The topological polar surface area (TPSA) is 66.8 Å². The minimum absolute atomic E-state index is 0.293. The third-order valence-corrected chi connectivity index (χ3v) is 4.64. The van der Waals surface area contributed by atoms with Crippen molar-refractivity contribution in [1.29, 1.82) is 0 Å². The van der Waals surface area contributed by atoms with Gasteiger partial charge in [0.15, 0.2) is 0 Å². The van der Waals surface area contributed by atoms with Gasteiger partial charge in [-0.2, -0.15) is 0 Å². The van der Waals surface area contributed by atoms with Crippen LogP contribution in [0, 0.1) is 0 Å². The summed E-state index contributed by atoms with van der Waals surface area (Å²) in [5.74, 6) is -1.32. The lowest BCUT2D eigenvalue weighted by molar-refractivity contribution is -0.141. The highest BCUT2D eigenvalue weighted by atomic mass is 32.1. The van der Waals surface area contributed by atoms with Crippen LogP contribution >= 0.6 is 11.3 Å². The fourth-order valence-corrected chi connectivity index (χ4v) is 3.25. The molecular formula is C15H17NO4S. The molecule has 0 bridgehead atoms. The summed E-state index contributed by atoms with van der Waals surface area (Å²) >= 11 is 1.37. The Morgan fingerprint density at radius 1 is 1.38 bits per heavy atom. The zero-order chi connectivity index (χ0) is 15.6. The van der Waals surface area contributed by atoms with E-state index in [1.165, 1.54) is 30.2 Å². The Morgan fingerprint density at radius 2 is 2.05 bits per heavy atom. The van der Waals surface area contributed by atoms with Crippen molar-refractivity contribution in [2.45, 2.75) is 19.6 Å². The number of hydrogen-bond acceptors (Lipinski definition) is 4. The lowest BCUT2D eigenvalue weighted by atomic mass is 10.1. The highest BCUT2D eigenvalue weighted by Crippen LogP contribution is 2.32. The number of amides is 1. The number of carboxylic acids is 1. The van der Waals surface area contributed by atoms with Crippen LogP contribution in [0.2, 0.25) is 0 Å². The fourth-order valence-electron chi connectivity index (χ4n) is 2.06. The van der Waals surface area contributed by atoms with Crippen molar-refractivity contribution >= 4 is 33.3 Å². The van der Waals surface area contributed by atoms with Gasteiger partial charge in [0.25, 0.3) is 5.91 Å². The summed E-state index contributed by atoms with van der Waals surface area (Å²) in [7, 11) is 3.08. The van der Waals surface area contributed by atoms with Gasteiger partial charge in [-0.15, -0.1) is 11.3 Å². The molecule has 0 radical (unpaired) electrons. The number of methoxy groups -OCH3 is 1. The molecule has 112 valence electrons. The Labute approximate surface area is 126 Å². The molecule has 0 fully saturated rings. The van der Waals surface area contributed by atoms with Crippen LogP contribution in [-0.4, -0.2) is 42.1 Å². The molecule has 0 saturated carbocycles. The molecule has 1 heterocycles. The molecule has 21 heavy (non-hydrogen) atoms. The van der Waals surface area contributed by atoms with Crippen molar-refractivity contribution in [3.63, 3.8) is 0 Å². The monoisotopic (exact) mass is 307 g/mol. The van der Waals surface area contributed by atoms with E-state index in [9.17, 15) is 9.59 Å². The second-order valence-electron chi connectivity index (χ2n) is 4.77. The van der Waals surface area contributed by atoms with Crippen molar-refractivity contribution in [3.05, 3.63) is 34.7 Å². The highest BCUT2D eigenvalue weighted by molar-refractivity contribution is 7.21. The molecule has 1 aromatic carbocycles. The number of likely N-dealkylation sites (N-methyl/N-ethyl adjacent to an activating group) is 1. The summed E-state index contributed by atoms with van der Waals surface area (Å²) in [6.45, 7) is 1.81. The third kappa shape index (κ3) is 2.91. The smallest absolute Gasteiger partial charge is 0.326 e. The van der Waals surface area contributed by atoms with E-state index in [1.54, 1.807) is 7.11 Å². The summed E-state index contributed by atoms with van der Waals surface area (Å²) in [6, 6.07) is 6.83. The zero-order valence-corrected chi connectivity index (χ0v) is 12.9. The van der Waals surface area contributed by atoms with Gasteiger partial charge in [-0.25, -0.2) is 4.79 Å². The van der Waals surface area contributed by atoms with Crippen LogP contribution in [-0.2, 0) is 16.1 Å². The number of hydrogen-bond donors (Lipinski definition) is 1. The molecule has 1 aromatic heterocycles. The summed E-state index contributed by atoms with van der Waals surface area (Å²) in [5, 5.41) is 10.0. The van der Waals surface area contributed by atoms with E-state index >= 15 is 0 Å². The normalized spacial score (nSPS) is 12.3. The average molecular weight is 307 g/mol. The van der Waals surface area contributed by atoms with Gasteiger partial charge in [0.2, 0.25) is 0 Å². The number of fused-ring (bicyclic) bond motifs is 1. The number of ether oxygens (including phenoxy) is 1. The maximum Gasteiger partial charge on any atom is 0.326 e. The SMILES string of the molecule is COCc1c(C(=O)N(C)[C@H](C)C(=O)O)sc2ccccc12. The molecule has 1 amide bonds. The van der Waals surface area contributed by atoms with Crippen LogP contribution < -0.4 is 0 Å². The Morgan fingerprint density at radius 3 is 2.67 bits per heavy atom. The van der Waals surface area contributed by atoms with E-state index in [1.807, 2.05) is 24.3 Å². The molecule has 5 nitrogen and oxygen atoms in total. The Bertz CT molecular complexity index is 679. The van der Waals surface area contributed by atoms with E-state index in [-0.39, 0.29) is 5.91 Å². The van der Waals surface area contributed by atoms with Crippen molar-refractivity contribution < 1.29 is 19.4 Å². The molecule has 1 N–H and O–H groups in total. The maximum absolute atomic E-state index is 12.6. The van der Waals surface area contributed by atoms with Crippen LogP contribution in [0.1, 0.15) is 22.2 Å². The first-order chi connectivity index (χ1) is 9.97. The number of carbonyl (C=O) groups excluding carboxylic acids is 1. The van der Waals surface area contributed by atoms with Gasteiger partial charge in [0.05, 0.1) is 11.5 Å². The Hall–Kier alpha value is -1.92. The molecule has 0 saturated heterocycles. The molecule has 0 aliphatic rings. The predicted octanol–water partition coefficient (Wildman–Crippen LogP) is 2.59. The van der Waals surface area contributed by atoms with Crippen LogP contribution in [0.4, 0.5) is 0 Å². The van der Waals surface area contributed by atoms with Crippen LogP contribution in [0.3, 0.4) is 0 Å². The lowest BCUT2D eigenvalue weighted by Gasteiger charge is -2.21. The predicted molar refractivity (Wildman–Crippen MR) is 81.7 cm³/mol.